The molecule has 1 atom stereocenters. The molecule has 1 aliphatic carbocycles. The quantitative estimate of drug-likeness (QED) is 0.770. The molecule has 0 amide bonds. The van der Waals surface area contributed by atoms with Crippen LogP contribution in [0.1, 0.15) is 73.6 Å². The van der Waals surface area contributed by atoms with Crippen molar-refractivity contribution >= 4 is 0 Å². The Labute approximate surface area is 114 Å². The van der Waals surface area contributed by atoms with Gasteiger partial charge in [0.1, 0.15) is 0 Å². The molecule has 18 heavy (non-hydrogen) atoms. The Hall–Kier alpha value is -0.0800. The molecule has 1 rings (SSSR count). The van der Waals surface area contributed by atoms with Crippen molar-refractivity contribution in [3.8, 4) is 0 Å². The van der Waals surface area contributed by atoms with Gasteiger partial charge >= 0.3 is 0 Å². The van der Waals surface area contributed by atoms with Gasteiger partial charge in [0.05, 0.1) is 11.7 Å². The molecule has 0 saturated heterocycles. The second-order valence-corrected chi connectivity index (χ2v) is 7.55. The Balaban J connectivity index is 2.52. The first-order chi connectivity index (χ1) is 8.22. The van der Waals surface area contributed by atoms with Gasteiger partial charge in [-0.05, 0) is 52.9 Å². The molecule has 1 N–H and O–H groups in total. The van der Waals surface area contributed by atoms with Crippen molar-refractivity contribution in [2.75, 3.05) is 6.54 Å². The zero-order chi connectivity index (χ0) is 13.8. The fourth-order valence-corrected chi connectivity index (χ4v) is 2.92. The summed E-state index contributed by atoms with van der Waals surface area (Å²) in [6, 6.07) is 0. The third kappa shape index (κ3) is 5.71. The summed E-state index contributed by atoms with van der Waals surface area (Å²) in [5.74, 6) is 0.717. The fourth-order valence-electron chi connectivity index (χ4n) is 2.92. The molecule has 0 radical (unpaired) electrons. The normalized spacial score (nSPS) is 21.5. The lowest BCUT2D eigenvalue weighted by molar-refractivity contribution is -0.0897. The highest BCUT2D eigenvalue weighted by Crippen LogP contribution is 2.35. The van der Waals surface area contributed by atoms with Crippen LogP contribution >= 0.6 is 0 Å². The van der Waals surface area contributed by atoms with Crippen LogP contribution in [-0.4, -0.2) is 23.8 Å². The van der Waals surface area contributed by atoms with Gasteiger partial charge in [0.25, 0.3) is 0 Å². The molecule has 0 heterocycles. The monoisotopic (exact) mass is 255 g/mol. The van der Waals surface area contributed by atoms with Gasteiger partial charge < -0.3 is 10.1 Å². The van der Waals surface area contributed by atoms with Crippen molar-refractivity contribution in [3.05, 3.63) is 0 Å². The smallest absolute Gasteiger partial charge is 0.0810 e. The van der Waals surface area contributed by atoms with E-state index < -0.39 is 0 Å². The number of ether oxygens (including phenoxy) is 1. The molecule has 0 bridgehead atoms. The molecule has 2 heteroatoms. The topological polar surface area (TPSA) is 21.3 Å². The summed E-state index contributed by atoms with van der Waals surface area (Å²) in [6.45, 7) is 14.5. The summed E-state index contributed by atoms with van der Waals surface area (Å²) in [7, 11) is 0. The first-order valence-electron chi connectivity index (χ1n) is 7.65. The van der Waals surface area contributed by atoms with Crippen LogP contribution in [0.4, 0.5) is 0 Å². The lowest BCUT2D eigenvalue weighted by Gasteiger charge is -2.36. The Morgan fingerprint density at radius 3 is 2.11 bits per heavy atom. The maximum Gasteiger partial charge on any atom is 0.0810 e. The van der Waals surface area contributed by atoms with Crippen molar-refractivity contribution in [1.29, 1.82) is 0 Å². The minimum absolute atomic E-state index is 0.0988. The maximum absolute atomic E-state index is 6.44. The molecule has 0 aromatic heterocycles. The molecule has 0 aromatic rings. The zero-order valence-corrected chi connectivity index (χ0v) is 13.3. The van der Waals surface area contributed by atoms with E-state index in [1.165, 1.54) is 25.7 Å². The first kappa shape index (κ1) is 16.0. The Morgan fingerprint density at radius 2 is 1.67 bits per heavy atom. The molecular weight excluding hydrogens is 222 g/mol. The Kier molecular flexibility index (Phi) is 5.67. The van der Waals surface area contributed by atoms with E-state index in [1.807, 2.05) is 0 Å². The van der Waals surface area contributed by atoms with Crippen molar-refractivity contribution in [2.24, 2.45) is 5.92 Å². The van der Waals surface area contributed by atoms with E-state index in [0.29, 0.717) is 12.0 Å². The van der Waals surface area contributed by atoms with Gasteiger partial charge in [-0.3, -0.25) is 0 Å². The summed E-state index contributed by atoms with van der Waals surface area (Å²) in [4.78, 5) is 0. The molecule has 0 spiro atoms. The molecule has 1 fully saturated rings. The molecule has 0 aliphatic heterocycles. The van der Waals surface area contributed by atoms with Crippen molar-refractivity contribution in [2.45, 2.75) is 90.9 Å². The standard InChI is InChI=1S/C16H33NO/c1-13(2)11-14(3)18-16(9-7-8-10-16)12-17-15(4,5)6/h13-14,17H,7-12H2,1-6H3. The van der Waals surface area contributed by atoms with Crippen LogP contribution in [-0.2, 0) is 4.74 Å². The highest BCUT2D eigenvalue weighted by molar-refractivity contribution is 4.91. The summed E-state index contributed by atoms with van der Waals surface area (Å²) in [5.41, 5.74) is 0.280. The van der Waals surface area contributed by atoms with Crippen LogP contribution in [0.3, 0.4) is 0 Å². The number of hydrogen-bond acceptors (Lipinski definition) is 2. The molecule has 0 aromatic carbocycles. The van der Waals surface area contributed by atoms with Crippen molar-refractivity contribution < 1.29 is 4.74 Å². The summed E-state index contributed by atoms with van der Waals surface area (Å²) in [5, 5.41) is 3.64. The van der Waals surface area contributed by atoms with Gasteiger partial charge in [-0.25, -0.2) is 0 Å². The molecule has 2 nitrogen and oxygen atoms in total. The van der Waals surface area contributed by atoms with Gasteiger partial charge in [0.15, 0.2) is 0 Å². The molecule has 1 unspecified atom stereocenters. The first-order valence-corrected chi connectivity index (χ1v) is 7.65. The minimum Gasteiger partial charge on any atom is -0.371 e. The van der Waals surface area contributed by atoms with Crippen LogP contribution in [0.2, 0.25) is 0 Å². The number of rotatable bonds is 6. The van der Waals surface area contributed by atoms with Gasteiger partial charge in [0.2, 0.25) is 0 Å². The molecule has 108 valence electrons. The van der Waals surface area contributed by atoms with Crippen LogP contribution < -0.4 is 5.32 Å². The van der Waals surface area contributed by atoms with E-state index in [0.717, 1.165) is 13.0 Å². The zero-order valence-electron chi connectivity index (χ0n) is 13.3. The van der Waals surface area contributed by atoms with Gasteiger partial charge in [-0.1, -0.05) is 26.7 Å². The van der Waals surface area contributed by atoms with E-state index in [1.54, 1.807) is 0 Å². The fraction of sp³-hybridized carbons (Fsp3) is 1.00. The second kappa shape index (κ2) is 6.38. The van der Waals surface area contributed by atoms with Crippen LogP contribution in [0.5, 0.6) is 0 Å². The number of hydrogen-bond donors (Lipinski definition) is 1. The lowest BCUT2D eigenvalue weighted by atomic mass is 9.98. The average Bonchev–Trinajstić information content (AvgIpc) is 2.61. The number of nitrogens with one attached hydrogen (secondary N) is 1. The second-order valence-electron chi connectivity index (χ2n) is 7.55. The Morgan fingerprint density at radius 1 is 1.11 bits per heavy atom. The van der Waals surface area contributed by atoms with E-state index in [2.05, 4.69) is 46.9 Å². The van der Waals surface area contributed by atoms with Gasteiger partial charge in [0, 0.05) is 12.1 Å². The third-order valence-electron chi connectivity index (χ3n) is 3.71. The van der Waals surface area contributed by atoms with Gasteiger partial charge in [-0.2, -0.15) is 0 Å². The molecule has 1 aliphatic rings. The molecular formula is C16H33NO. The van der Waals surface area contributed by atoms with E-state index >= 15 is 0 Å². The van der Waals surface area contributed by atoms with E-state index in [-0.39, 0.29) is 11.1 Å². The van der Waals surface area contributed by atoms with E-state index in [9.17, 15) is 0 Å². The average molecular weight is 255 g/mol. The largest absolute Gasteiger partial charge is 0.371 e. The van der Waals surface area contributed by atoms with Gasteiger partial charge in [-0.15, -0.1) is 0 Å². The predicted octanol–water partition coefficient (Wildman–Crippen LogP) is 4.14. The minimum atomic E-state index is 0.0988. The summed E-state index contributed by atoms with van der Waals surface area (Å²) >= 11 is 0. The van der Waals surface area contributed by atoms with Crippen molar-refractivity contribution in [3.63, 3.8) is 0 Å². The summed E-state index contributed by atoms with van der Waals surface area (Å²) in [6.07, 6.45) is 6.62. The summed E-state index contributed by atoms with van der Waals surface area (Å²) < 4.78 is 6.44. The third-order valence-corrected chi connectivity index (χ3v) is 3.71. The SMILES string of the molecule is CC(C)CC(C)OC1(CNC(C)(C)C)CCCC1. The van der Waals surface area contributed by atoms with Crippen molar-refractivity contribution in [1.82, 2.24) is 5.32 Å². The van der Waals surface area contributed by atoms with E-state index in [4.69, 9.17) is 4.74 Å². The predicted molar refractivity (Wildman–Crippen MR) is 79.0 cm³/mol. The maximum atomic E-state index is 6.44. The highest BCUT2D eigenvalue weighted by Gasteiger charge is 2.37. The van der Waals surface area contributed by atoms with Crippen LogP contribution in [0.15, 0.2) is 0 Å². The van der Waals surface area contributed by atoms with Crippen LogP contribution in [0.25, 0.3) is 0 Å². The lowest BCUT2D eigenvalue weighted by Crippen LogP contribution is -2.49. The molecule has 1 saturated carbocycles. The van der Waals surface area contributed by atoms with Crippen LogP contribution in [0, 0.1) is 5.92 Å². The highest BCUT2D eigenvalue weighted by atomic mass is 16.5. The Bertz CT molecular complexity index is 236.